The van der Waals surface area contributed by atoms with Gasteiger partial charge < -0.3 is 48.6 Å². The monoisotopic (exact) mass is 1000 g/mol. The van der Waals surface area contributed by atoms with Gasteiger partial charge in [-0.2, -0.15) is 5.26 Å². The highest BCUT2D eigenvalue weighted by Crippen LogP contribution is 2.40. The largest absolute Gasteiger partial charge is 0.490 e. The average molecular weight is 1000 g/mol. The molecular weight excluding hydrogens is 944 g/mol. The number of piperidine rings is 1. The number of anilines is 1. The Bertz CT molecular complexity index is 3030. The van der Waals surface area contributed by atoms with Gasteiger partial charge in [0, 0.05) is 85.9 Å². The summed E-state index contributed by atoms with van der Waals surface area (Å²) < 4.78 is 19.0. The zero-order chi connectivity index (χ0) is 50.4. The molecule has 0 spiro atoms. The van der Waals surface area contributed by atoms with Gasteiger partial charge >= 0.3 is 12.1 Å². The van der Waals surface area contributed by atoms with Gasteiger partial charge in [-0.3, -0.25) is 14.9 Å². The van der Waals surface area contributed by atoms with Crippen LogP contribution in [-0.4, -0.2) is 128 Å². The summed E-state index contributed by atoms with van der Waals surface area (Å²) >= 11 is 6.17. The molecule has 1 aliphatic carbocycles. The van der Waals surface area contributed by atoms with E-state index in [0.29, 0.717) is 109 Å². The van der Waals surface area contributed by atoms with Crippen LogP contribution in [0.15, 0.2) is 59.4 Å². The smallest absolute Gasteiger partial charge is 0.415 e. The van der Waals surface area contributed by atoms with Crippen molar-refractivity contribution in [3.05, 3.63) is 103 Å². The van der Waals surface area contributed by atoms with Gasteiger partial charge in [-0.25, -0.2) is 14.6 Å². The minimum Gasteiger partial charge on any atom is -0.490 e. The molecule has 10 rings (SSSR count). The van der Waals surface area contributed by atoms with Crippen molar-refractivity contribution in [2.75, 3.05) is 58.3 Å². The number of nitrogens with one attached hydrogen (secondary N) is 1. The third-order valence-electron chi connectivity index (χ3n) is 14.8. The second-order valence-electron chi connectivity index (χ2n) is 19.6. The lowest BCUT2D eigenvalue weighted by molar-refractivity contribution is -0.172. The van der Waals surface area contributed by atoms with Crippen molar-refractivity contribution < 1.29 is 38.8 Å². The van der Waals surface area contributed by atoms with E-state index in [9.17, 15) is 29.4 Å². The van der Waals surface area contributed by atoms with Crippen molar-refractivity contribution >= 4 is 46.3 Å². The van der Waals surface area contributed by atoms with E-state index in [2.05, 4.69) is 26.5 Å². The topological polar surface area (TPSA) is 229 Å². The van der Waals surface area contributed by atoms with Crippen LogP contribution in [0.2, 0.25) is 5.02 Å². The zero-order valence-electron chi connectivity index (χ0n) is 40.5. The van der Waals surface area contributed by atoms with Crippen molar-refractivity contribution in [3.63, 3.8) is 0 Å². The Kier molecular flexibility index (Phi) is 13.6. The Labute approximate surface area is 420 Å². The summed E-state index contributed by atoms with van der Waals surface area (Å²) in [4.78, 5) is 66.5. The van der Waals surface area contributed by atoms with Gasteiger partial charge in [-0.05, 0) is 108 Å². The number of nitriles is 1. The molecule has 5 aliphatic rings. The number of rotatable bonds is 11. The molecule has 3 fully saturated rings. The van der Waals surface area contributed by atoms with Gasteiger partial charge in [0.25, 0.3) is 5.56 Å². The fourth-order valence-electron chi connectivity index (χ4n) is 10.7. The summed E-state index contributed by atoms with van der Waals surface area (Å²) in [6.07, 6.45) is 3.09. The van der Waals surface area contributed by atoms with E-state index in [0.717, 1.165) is 42.2 Å². The Balaban J connectivity index is 0.706. The van der Waals surface area contributed by atoms with Gasteiger partial charge in [0.1, 0.15) is 36.1 Å². The van der Waals surface area contributed by atoms with Gasteiger partial charge in [-0.15, -0.1) is 10.2 Å². The highest BCUT2D eigenvalue weighted by molar-refractivity contribution is 6.31. The molecule has 2 amide bonds. The van der Waals surface area contributed by atoms with E-state index in [1.165, 1.54) is 0 Å². The zero-order valence-corrected chi connectivity index (χ0v) is 41.2. The second kappa shape index (κ2) is 20.1. The summed E-state index contributed by atoms with van der Waals surface area (Å²) in [5.74, 6) is 0.857. The number of cyclic esters (lactones) is 1. The van der Waals surface area contributed by atoms with E-state index >= 15 is 0 Å². The van der Waals surface area contributed by atoms with E-state index < -0.39 is 23.9 Å². The summed E-state index contributed by atoms with van der Waals surface area (Å²) in [5.41, 5.74) is 2.34. The van der Waals surface area contributed by atoms with Gasteiger partial charge in [0.2, 0.25) is 5.91 Å². The lowest BCUT2D eigenvalue weighted by Gasteiger charge is -2.38. The van der Waals surface area contributed by atoms with E-state index in [4.69, 9.17) is 36.1 Å². The second-order valence-corrected chi connectivity index (χ2v) is 20.0. The van der Waals surface area contributed by atoms with Crippen molar-refractivity contribution in [1.82, 2.24) is 39.8 Å². The van der Waals surface area contributed by atoms with Crippen molar-refractivity contribution in [3.8, 4) is 29.0 Å². The predicted octanol–water partition coefficient (Wildman–Crippen LogP) is 4.99. The Morgan fingerprint density at radius 1 is 0.972 bits per heavy atom. The molecule has 20 heteroatoms. The molecule has 2 aromatic carbocycles. The lowest BCUT2D eigenvalue weighted by Crippen LogP contribution is -2.53. The van der Waals surface area contributed by atoms with Crippen LogP contribution in [-0.2, 0) is 39.6 Å². The van der Waals surface area contributed by atoms with Gasteiger partial charge in [-0.1, -0.05) is 18.5 Å². The number of carbonyl (C=O) groups excluding carboxylic acids is 3. The van der Waals surface area contributed by atoms with Crippen molar-refractivity contribution in [1.29, 1.82) is 5.26 Å². The van der Waals surface area contributed by atoms with Crippen LogP contribution >= 0.6 is 11.6 Å². The van der Waals surface area contributed by atoms with Crippen LogP contribution in [0.4, 0.5) is 10.6 Å². The molecule has 2 saturated heterocycles. The number of benzene rings is 2. The van der Waals surface area contributed by atoms with Crippen LogP contribution in [0.25, 0.3) is 22.3 Å². The summed E-state index contributed by atoms with van der Waals surface area (Å²) in [7, 11) is 3.84. The number of amides is 2. The molecule has 3 aromatic heterocycles. The van der Waals surface area contributed by atoms with E-state index in [-0.39, 0.29) is 60.2 Å². The average Bonchev–Trinajstić information content (AvgIpc) is 3.75. The Morgan fingerprint density at radius 3 is 2.40 bits per heavy atom. The molecule has 72 heavy (non-hydrogen) atoms. The molecule has 19 nitrogen and oxygen atoms in total. The van der Waals surface area contributed by atoms with E-state index in [1.807, 2.05) is 36.0 Å². The highest BCUT2D eigenvalue weighted by Gasteiger charge is 2.45. The third-order valence-corrected chi connectivity index (χ3v) is 15.1. The SMILES string of the molecule is CC[C@@]1(O)C(=O)OCc2c1cc1n(c2=O)Cc2cc3c(CN(C)C)c(OC(=O)N4CCN(C(=O)C5CCN(c6ccc(C(O)NC7CCC(Oc8ccc(C#N)c(Cl)c8)CC7)nn6)CC5)CC4)ccc3nc2-1. The number of aliphatic hydroxyl groups is 2. The minimum atomic E-state index is -1.92. The summed E-state index contributed by atoms with van der Waals surface area (Å²) in [6.45, 7) is 4.81. The minimum absolute atomic E-state index is 0.0164. The first-order chi connectivity index (χ1) is 34.7. The van der Waals surface area contributed by atoms with Crippen molar-refractivity contribution in [2.24, 2.45) is 5.92 Å². The molecule has 1 unspecified atom stereocenters. The number of carbonyl (C=O) groups is 3. The molecule has 0 radical (unpaired) electrons. The van der Waals surface area contributed by atoms with Crippen LogP contribution in [0.5, 0.6) is 11.5 Å². The molecular formula is C52H57ClN10O9. The Hall–Kier alpha value is -6.69. The number of hydrogen-bond acceptors (Lipinski definition) is 16. The highest BCUT2D eigenvalue weighted by atomic mass is 35.5. The molecule has 3 N–H and O–H groups in total. The maximum Gasteiger partial charge on any atom is 0.415 e. The fraction of sp³-hybridized carbons (Fsp3) is 0.462. The standard InChI is InChI=1S/C52H57ClN10O9/c1-4-52(69)39-25-43-46-32(27-63(43)49(66)38(39)29-70-50(52)67)23-36-37(28-59(2)3)44(13-11-41(36)56-46)72-51(68)62-21-19-61(20-22-62)48(65)30-15-17-60(18-16-30)45-14-12-42(57-58-45)47(64)55-33-6-9-34(10-7-33)71-35-8-5-31(26-54)40(53)24-35/h5,8,11-14,23-25,30,33-34,47,55,64,69H,4,6-7,9-10,15-22,27-29H2,1-3H3/t33?,34?,47?,52-/m0/s1. The molecule has 1 saturated carbocycles. The first kappa shape index (κ1) is 48.9. The van der Waals surface area contributed by atoms with Crippen LogP contribution < -0.4 is 25.2 Å². The fourth-order valence-corrected chi connectivity index (χ4v) is 10.9. The number of pyridine rings is 2. The molecule has 4 aliphatic heterocycles. The Morgan fingerprint density at radius 2 is 1.72 bits per heavy atom. The van der Waals surface area contributed by atoms with Crippen molar-refractivity contribution in [2.45, 2.75) is 95.5 Å². The quantitative estimate of drug-likeness (QED) is 0.115. The number of aromatic nitrogens is 4. The van der Waals surface area contributed by atoms with E-state index in [1.54, 1.807) is 58.9 Å². The van der Waals surface area contributed by atoms with Gasteiger partial charge in [0.15, 0.2) is 11.4 Å². The lowest BCUT2D eigenvalue weighted by atomic mass is 9.86. The normalized spacial score (nSPS) is 21.4. The summed E-state index contributed by atoms with van der Waals surface area (Å²) in [5, 5.41) is 44.6. The number of nitrogens with zero attached hydrogens (tertiary/aromatic N) is 9. The number of halogens is 1. The van der Waals surface area contributed by atoms with Crippen LogP contribution in [0.3, 0.4) is 0 Å². The molecule has 0 bridgehead atoms. The summed E-state index contributed by atoms with van der Waals surface area (Å²) in [6, 6.07) is 18.0. The number of esters is 1. The number of fused-ring (bicyclic) bond motifs is 5. The number of piperazine rings is 1. The first-order valence-electron chi connectivity index (χ1n) is 24.6. The predicted molar refractivity (Wildman–Crippen MR) is 264 cm³/mol. The number of ether oxygens (including phenoxy) is 3. The molecule has 376 valence electrons. The van der Waals surface area contributed by atoms with Gasteiger partial charge in [0.05, 0.1) is 45.7 Å². The third kappa shape index (κ3) is 9.45. The number of aliphatic hydroxyl groups excluding tert-OH is 1. The molecule has 2 atom stereocenters. The maximum absolute atomic E-state index is 13.8. The first-order valence-corrected chi connectivity index (χ1v) is 25.0. The molecule has 5 aromatic rings. The maximum atomic E-state index is 13.8. The number of hydrogen-bond donors (Lipinski definition) is 3. The van der Waals surface area contributed by atoms with Crippen LogP contribution in [0, 0.1) is 17.2 Å². The molecule has 7 heterocycles. The van der Waals surface area contributed by atoms with Crippen LogP contribution in [0.1, 0.15) is 91.6 Å².